The summed E-state index contributed by atoms with van der Waals surface area (Å²) in [5.74, 6) is 1.38. The largest absolute Gasteiger partial charge is 0.489 e. The molecule has 0 radical (unpaired) electrons. The van der Waals surface area contributed by atoms with Crippen molar-refractivity contribution < 1.29 is 9.47 Å². The van der Waals surface area contributed by atoms with E-state index in [4.69, 9.17) is 25.5 Å². The predicted molar refractivity (Wildman–Crippen MR) is 167 cm³/mol. The number of azide groups is 2. The fourth-order valence-electron chi connectivity index (χ4n) is 4.07. The van der Waals surface area contributed by atoms with Crippen LogP contribution in [0.25, 0.3) is 32.1 Å². The minimum Gasteiger partial charge on any atom is -0.489 e. The van der Waals surface area contributed by atoms with E-state index in [0.717, 1.165) is 16.7 Å². The van der Waals surface area contributed by atoms with Crippen molar-refractivity contribution in [3.8, 4) is 29.0 Å². The summed E-state index contributed by atoms with van der Waals surface area (Å²) in [6, 6.07) is 33.6. The number of rotatable bonds is 12. The molecule has 0 unspecified atom stereocenters. The van der Waals surface area contributed by atoms with E-state index in [9.17, 15) is 5.26 Å². The third-order valence-electron chi connectivity index (χ3n) is 6.28. The molecular formula is C32H23N9O2S. The lowest BCUT2D eigenvalue weighted by atomic mass is 10.1. The van der Waals surface area contributed by atoms with Crippen LogP contribution in [0.4, 0.5) is 11.4 Å². The van der Waals surface area contributed by atoms with Gasteiger partial charge in [0.1, 0.15) is 30.6 Å². The molecule has 44 heavy (non-hydrogen) atoms. The summed E-state index contributed by atoms with van der Waals surface area (Å²) in [6.45, 7) is 0.572. The second-order valence-electron chi connectivity index (χ2n) is 9.23. The molecule has 11 nitrogen and oxygen atoms in total. The van der Waals surface area contributed by atoms with Crippen LogP contribution in [0.1, 0.15) is 22.3 Å². The number of nitrogens with zero attached hydrogens (tertiary/aromatic N) is 9. The molecule has 0 aliphatic rings. The molecule has 5 rings (SSSR count). The molecule has 12 heteroatoms. The standard InChI is InChI=1S/C32H23N9O2S/c33-18-29-30(25-10-16-28(17-11-25)42-19-22-4-2-1-3-5-22)36-32(44-21-24-8-14-27(15-9-24)39-41-35)37-31(29)43-20-23-6-12-26(13-7-23)38-40-34/h1-17H,19-21H2. The predicted octanol–water partition coefficient (Wildman–Crippen LogP) is 9.35. The van der Waals surface area contributed by atoms with E-state index in [1.54, 1.807) is 36.4 Å². The van der Waals surface area contributed by atoms with Gasteiger partial charge in [-0.05, 0) is 52.0 Å². The van der Waals surface area contributed by atoms with Crippen molar-refractivity contribution in [3.63, 3.8) is 0 Å². The van der Waals surface area contributed by atoms with Crippen LogP contribution in [0, 0.1) is 11.3 Å². The number of hydrogen-bond donors (Lipinski definition) is 0. The summed E-state index contributed by atoms with van der Waals surface area (Å²) in [5, 5.41) is 17.8. The lowest BCUT2D eigenvalue weighted by Crippen LogP contribution is -2.04. The summed E-state index contributed by atoms with van der Waals surface area (Å²) in [6.07, 6.45) is 0. The average Bonchev–Trinajstić information content (AvgIpc) is 3.07. The summed E-state index contributed by atoms with van der Waals surface area (Å²) in [7, 11) is 0. The SMILES string of the molecule is N#Cc1c(OCc2ccc(N=[N+]=[N-])cc2)nc(SCc2ccc(N=[N+]=[N-])cc2)nc1-c1ccc(OCc2ccccc2)cc1. The zero-order chi connectivity index (χ0) is 30.6. The number of hydrogen-bond acceptors (Lipinski definition) is 8. The van der Waals surface area contributed by atoms with Gasteiger partial charge in [0.2, 0.25) is 5.88 Å². The first-order valence-corrected chi connectivity index (χ1v) is 14.3. The summed E-state index contributed by atoms with van der Waals surface area (Å²) in [4.78, 5) is 14.9. The second-order valence-corrected chi connectivity index (χ2v) is 10.2. The van der Waals surface area contributed by atoms with Crippen LogP contribution in [0.2, 0.25) is 0 Å². The highest BCUT2D eigenvalue weighted by molar-refractivity contribution is 7.98. The van der Waals surface area contributed by atoms with Crippen LogP contribution in [0.15, 0.2) is 119 Å². The highest BCUT2D eigenvalue weighted by Gasteiger charge is 2.18. The Morgan fingerprint density at radius 2 is 1.30 bits per heavy atom. The molecule has 214 valence electrons. The zero-order valence-electron chi connectivity index (χ0n) is 23.2. The van der Waals surface area contributed by atoms with Crippen molar-refractivity contribution >= 4 is 23.1 Å². The van der Waals surface area contributed by atoms with Crippen molar-refractivity contribution in [2.45, 2.75) is 24.1 Å². The minimum absolute atomic E-state index is 0.138. The fraction of sp³-hybridized carbons (Fsp3) is 0.0938. The van der Waals surface area contributed by atoms with Crippen molar-refractivity contribution in [1.82, 2.24) is 9.97 Å². The third kappa shape index (κ3) is 7.85. The van der Waals surface area contributed by atoms with E-state index in [0.29, 0.717) is 45.9 Å². The first kappa shape index (κ1) is 29.5. The molecule has 0 aliphatic heterocycles. The topological polar surface area (TPSA) is 166 Å². The van der Waals surface area contributed by atoms with Gasteiger partial charge in [0, 0.05) is 32.5 Å². The highest BCUT2D eigenvalue weighted by Crippen LogP contribution is 2.33. The third-order valence-corrected chi connectivity index (χ3v) is 7.20. The molecular weight excluding hydrogens is 574 g/mol. The van der Waals surface area contributed by atoms with Crippen LogP contribution in [0.3, 0.4) is 0 Å². The van der Waals surface area contributed by atoms with Crippen molar-refractivity contribution in [2.75, 3.05) is 0 Å². The Balaban J connectivity index is 1.41. The number of thioether (sulfide) groups is 1. The Morgan fingerprint density at radius 3 is 1.91 bits per heavy atom. The van der Waals surface area contributed by atoms with Crippen LogP contribution in [-0.2, 0) is 19.0 Å². The number of ether oxygens (including phenoxy) is 2. The van der Waals surface area contributed by atoms with Gasteiger partial charge in [0.15, 0.2) is 5.16 Å². The van der Waals surface area contributed by atoms with Gasteiger partial charge in [-0.1, -0.05) is 101 Å². The van der Waals surface area contributed by atoms with E-state index in [2.05, 4.69) is 31.1 Å². The molecule has 0 atom stereocenters. The van der Waals surface area contributed by atoms with Gasteiger partial charge in [0.25, 0.3) is 0 Å². The molecule has 0 saturated carbocycles. The van der Waals surface area contributed by atoms with Gasteiger partial charge >= 0.3 is 0 Å². The molecule has 0 spiro atoms. The van der Waals surface area contributed by atoms with Crippen LogP contribution in [-0.4, -0.2) is 9.97 Å². The highest BCUT2D eigenvalue weighted by atomic mass is 32.2. The molecule has 0 amide bonds. The van der Waals surface area contributed by atoms with Crippen molar-refractivity contribution in [1.29, 1.82) is 5.26 Å². The Morgan fingerprint density at radius 1 is 0.705 bits per heavy atom. The lowest BCUT2D eigenvalue weighted by molar-refractivity contribution is 0.290. The van der Waals surface area contributed by atoms with E-state index in [1.807, 2.05) is 66.7 Å². The van der Waals surface area contributed by atoms with Crippen LogP contribution >= 0.6 is 11.8 Å². The molecule has 5 aromatic rings. The smallest absolute Gasteiger partial charge is 0.236 e. The average molecular weight is 598 g/mol. The fourth-order valence-corrected chi connectivity index (χ4v) is 4.86. The lowest BCUT2D eigenvalue weighted by Gasteiger charge is -2.13. The van der Waals surface area contributed by atoms with E-state index < -0.39 is 0 Å². The maximum Gasteiger partial charge on any atom is 0.236 e. The monoisotopic (exact) mass is 597 g/mol. The van der Waals surface area contributed by atoms with E-state index in [1.165, 1.54) is 11.8 Å². The maximum atomic E-state index is 10.2. The number of nitriles is 1. The van der Waals surface area contributed by atoms with Gasteiger partial charge in [-0.3, -0.25) is 0 Å². The molecule has 1 aromatic heterocycles. The second kappa shape index (κ2) is 14.8. The molecule has 0 saturated heterocycles. The quantitative estimate of drug-likeness (QED) is 0.0456. The van der Waals surface area contributed by atoms with Crippen LogP contribution in [0.5, 0.6) is 11.6 Å². The summed E-state index contributed by atoms with van der Waals surface area (Å²) in [5.41, 5.74) is 22.5. The zero-order valence-corrected chi connectivity index (χ0v) is 24.0. The van der Waals surface area contributed by atoms with Crippen molar-refractivity contribution in [3.05, 3.63) is 146 Å². The molecule has 0 aliphatic carbocycles. The van der Waals surface area contributed by atoms with Gasteiger partial charge < -0.3 is 9.47 Å². The minimum atomic E-state index is 0.138. The Bertz CT molecular complexity index is 1860. The Hall–Kier alpha value is -5.98. The molecule has 0 N–H and O–H groups in total. The van der Waals surface area contributed by atoms with E-state index >= 15 is 0 Å². The normalized spacial score (nSPS) is 10.2. The van der Waals surface area contributed by atoms with Gasteiger partial charge in [-0.15, -0.1) is 0 Å². The van der Waals surface area contributed by atoms with Crippen molar-refractivity contribution in [2.24, 2.45) is 10.2 Å². The summed E-state index contributed by atoms with van der Waals surface area (Å²) >= 11 is 1.39. The van der Waals surface area contributed by atoms with E-state index in [-0.39, 0.29) is 18.1 Å². The van der Waals surface area contributed by atoms with Gasteiger partial charge in [-0.2, -0.15) is 10.2 Å². The molecule has 1 heterocycles. The number of benzene rings is 4. The Labute approximate surface area is 257 Å². The summed E-state index contributed by atoms with van der Waals surface area (Å²) < 4.78 is 12.0. The first-order valence-electron chi connectivity index (χ1n) is 13.3. The maximum absolute atomic E-state index is 10.2. The molecule has 0 fully saturated rings. The van der Waals surface area contributed by atoms with Crippen LogP contribution < -0.4 is 9.47 Å². The van der Waals surface area contributed by atoms with Gasteiger partial charge in [-0.25, -0.2) is 4.98 Å². The molecule has 4 aromatic carbocycles. The van der Waals surface area contributed by atoms with Gasteiger partial charge in [0.05, 0.1) is 5.69 Å². The number of aromatic nitrogens is 2. The Kier molecular flexibility index (Phi) is 9.91. The first-order chi connectivity index (χ1) is 21.6. The molecule has 0 bridgehead atoms.